The summed E-state index contributed by atoms with van der Waals surface area (Å²) in [5.41, 5.74) is 4.49. The van der Waals surface area contributed by atoms with E-state index in [0.717, 1.165) is 25.0 Å². The normalized spacial score (nSPS) is 16.2. The Morgan fingerprint density at radius 3 is 2.75 bits per heavy atom. The maximum Gasteiger partial charge on any atom is 0.257 e. The summed E-state index contributed by atoms with van der Waals surface area (Å²) in [5, 5.41) is 2.56. The number of nitrogens with zero attached hydrogens (tertiary/aromatic N) is 1. The van der Waals surface area contributed by atoms with E-state index in [9.17, 15) is 13.6 Å². The average molecular weight is 283 g/mol. The van der Waals surface area contributed by atoms with Crippen molar-refractivity contribution < 1.29 is 13.6 Å². The summed E-state index contributed by atoms with van der Waals surface area (Å²) >= 11 is 0. The number of carbonyl (C=O) groups is 1. The highest BCUT2D eigenvalue weighted by Crippen LogP contribution is 2.26. The van der Waals surface area contributed by atoms with Gasteiger partial charge in [-0.1, -0.05) is 0 Å². The molecule has 6 heteroatoms. The predicted molar refractivity (Wildman–Crippen MR) is 73.4 cm³/mol. The Hall–Kier alpha value is -1.69. The maximum atomic E-state index is 13.7. The summed E-state index contributed by atoms with van der Waals surface area (Å²) in [7, 11) is 1.98. The van der Waals surface area contributed by atoms with Crippen LogP contribution < -0.4 is 11.1 Å². The van der Waals surface area contributed by atoms with E-state index in [0.29, 0.717) is 12.6 Å². The molecule has 0 bridgehead atoms. The molecule has 1 aliphatic rings. The number of amides is 1. The minimum absolute atomic E-state index is 0.110. The highest BCUT2D eigenvalue weighted by molar-refractivity contribution is 5.95. The smallest absolute Gasteiger partial charge is 0.257 e. The standard InChI is InChI=1S/C14H19F2N3O/c1-8(19(2)9-3-4-9)7-18-14(20)12-10(15)5-6-11(17)13(12)16/h5-6,8-9H,3-4,7,17H2,1-2H3,(H,18,20). The third-order valence-corrected chi connectivity index (χ3v) is 3.72. The van der Waals surface area contributed by atoms with E-state index in [-0.39, 0.29) is 11.7 Å². The van der Waals surface area contributed by atoms with Crippen molar-refractivity contribution in [2.45, 2.75) is 31.8 Å². The summed E-state index contributed by atoms with van der Waals surface area (Å²) in [5.74, 6) is -2.69. The van der Waals surface area contributed by atoms with Crippen molar-refractivity contribution in [1.29, 1.82) is 0 Å². The van der Waals surface area contributed by atoms with Crippen LogP contribution in [0.25, 0.3) is 0 Å². The van der Waals surface area contributed by atoms with Gasteiger partial charge in [0.25, 0.3) is 5.91 Å². The molecule has 0 saturated heterocycles. The van der Waals surface area contributed by atoms with Crippen LogP contribution in [0.2, 0.25) is 0 Å². The fourth-order valence-corrected chi connectivity index (χ4v) is 2.09. The second-order valence-corrected chi connectivity index (χ2v) is 5.28. The van der Waals surface area contributed by atoms with Crippen molar-refractivity contribution in [2.75, 3.05) is 19.3 Å². The topological polar surface area (TPSA) is 58.4 Å². The molecule has 1 saturated carbocycles. The van der Waals surface area contributed by atoms with Crippen LogP contribution in [0.1, 0.15) is 30.1 Å². The lowest BCUT2D eigenvalue weighted by Gasteiger charge is -2.24. The van der Waals surface area contributed by atoms with Crippen LogP contribution in [-0.2, 0) is 0 Å². The number of likely N-dealkylation sites (N-methyl/N-ethyl adjacent to an activating group) is 1. The van der Waals surface area contributed by atoms with E-state index in [1.165, 1.54) is 0 Å². The number of anilines is 1. The number of rotatable bonds is 5. The maximum absolute atomic E-state index is 13.7. The van der Waals surface area contributed by atoms with Crippen molar-refractivity contribution >= 4 is 11.6 Å². The molecule has 3 N–H and O–H groups in total. The highest BCUT2D eigenvalue weighted by atomic mass is 19.1. The van der Waals surface area contributed by atoms with Crippen LogP contribution >= 0.6 is 0 Å². The van der Waals surface area contributed by atoms with Gasteiger partial charge in [-0.15, -0.1) is 0 Å². The molecule has 1 unspecified atom stereocenters. The molecule has 4 nitrogen and oxygen atoms in total. The molecule has 1 aliphatic carbocycles. The zero-order valence-electron chi connectivity index (χ0n) is 11.6. The summed E-state index contributed by atoms with van der Waals surface area (Å²) in [6, 6.07) is 2.76. The van der Waals surface area contributed by atoms with Gasteiger partial charge < -0.3 is 11.1 Å². The van der Waals surface area contributed by atoms with Gasteiger partial charge in [-0.3, -0.25) is 9.69 Å². The van der Waals surface area contributed by atoms with E-state index in [1.807, 2.05) is 14.0 Å². The van der Waals surface area contributed by atoms with Crippen molar-refractivity contribution in [1.82, 2.24) is 10.2 Å². The van der Waals surface area contributed by atoms with Gasteiger partial charge in [0.15, 0.2) is 5.82 Å². The molecule has 0 heterocycles. The number of nitrogen functional groups attached to an aromatic ring is 1. The first-order valence-corrected chi connectivity index (χ1v) is 6.65. The van der Waals surface area contributed by atoms with Crippen LogP contribution in [0.15, 0.2) is 12.1 Å². The Morgan fingerprint density at radius 2 is 2.15 bits per heavy atom. The quantitative estimate of drug-likeness (QED) is 0.810. The van der Waals surface area contributed by atoms with Gasteiger partial charge in [-0.2, -0.15) is 0 Å². The number of nitrogens with one attached hydrogen (secondary N) is 1. The third-order valence-electron chi connectivity index (χ3n) is 3.72. The number of benzene rings is 1. The minimum atomic E-state index is -1.01. The second-order valence-electron chi connectivity index (χ2n) is 5.28. The van der Waals surface area contributed by atoms with Crippen LogP contribution in [0, 0.1) is 11.6 Å². The molecule has 0 radical (unpaired) electrons. The van der Waals surface area contributed by atoms with Gasteiger partial charge in [-0.25, -0.2) is 8.78 Å². The van der Waals surface area contributed by atoms with E-state index >= 15 is 0 Å². The van der Waals surface area contributed by atoms with Gasteiger partial charge in [-0.05, 0) is 38.9 Å². The fraction of sp³-hybridized carbons (Fsp3) is 0.500. The number of hydrogen-bond acceptors (Lipinski definition) is 3. The first-order valence-electron chi connectivity index (χ1n) is 6.65. The summed E-state index contributed by atoms with van der Waals surface area (Å²) in [6.07, 6.45) is 2.32. The van der Waals surface area contributed by atoms with Gasteiger partial charge in [0.05, 0.1) is 5.69 Å². The lowest BCUT2D eigenvalue weighted by molar-refractivity contribution is 0.0931. The summed E-state index contributed by atoms with van der Waals surface area (Å²) in [6.45, 7) is 2.30. The Labute approximate surface area is 116 Å². The SMILES string of the molecule is CC(CNC(=O)c1c(F)ccc(N)c1F)N(C)C1CC1. The molecular weight excluding hydrogens is 264 g/mol. The predicted octanol–water partition coefficient (Wildman–Crippen LogP) is 1.76. The molecule has 1 fully saturated rings. The molecule has 1 atom stereocenters. The van der Waals surface area contributed by atoms with E-state index < -0.39 is 23.1 Å². The second kappa shape index (κ2) is 5.75. The average Bonchev–Trinajstić information content (AvgIpc) is 3.24. The molecule has 110 valence electrons. The van der Waals surface area contributed by atoms with Gasteiger partial charge >= 0.3 is 0 Å². The molecular formula is C14H19F2N3O. The number of carbonyl (C=O) groups excluding carboxylic acids is 1. The highest BCUT2D eigenvalue weighted by Gasteiger charge is 2.29. The Kier molecular flexibility index (Phi) is 4.23. The van der Waals surface area contributed by atoms with Crippen molar-refractivity contribution in [3.63, 3.8) is 0 Å². The molecule has 0 aromatic heterocycles. The van der Waals surface area contributed by atoms with Crippen molar-refractivity contribution in [3.05, 3.63) is 29.3 Å². The molecule has 2 rings (SSSR count). The van der Waals surface area contributed by atoms with Crippen LogP contribution in [0.3, 0.4) is 0 Å². The molecule has 0 spiro atoms. The third kappa shape index (κ3) is 3.07. The van der Waals surface area contributed by atoms with Gasteiger partial charge in [0.1, 0.15) is 11.4 Å². The van der Waals surface area contributed by atoms with Crippen LogP contribution in [-0.4, -0.2) is 36.5 Å². The van der Waals surface area contributed by atoms with E-state index in [2.05, 4.69) is 10.2 Å². The largest absolute Gasteiger partial charge is 0.396 e. The lowest BCUT2D eigenvalue weighted by atomic mass is 10.1. The first kappa shape index (κ1) is 14.7. The molecule has 20 heavy (non-hydrogen) atoms. The van der Waals surface area contributed by atoms with E-state index in [1.54, 1.807) is 0 Å². The molecule has 0 aliphatic heterocycles. The number of nitrogens with two attached hydrogens (primary N) is 1. The summed E-state index contributed by atoms with van der Waals surface area (Å²) in [4.78, 5) is 14.0. The fourth-order valence-electron chi connectivity index (χ4n) is 2.09. The van der Waals surface area contributed by atoms with Crippen LogP contribution in [0.4, 0.5) is 14.5 Å². The summed E-state index contributed by atoms with van der Waals surface area (Å²) < 4.78 is 27.2. The Balaban J connectivity index is 2.00. The molecule has 1 aromatic rings. The lowest BCUT2D eigenvalue weighted by Crippen LogP contribution is -2.41. The Morgan fingerprint density at radius 1 is 1.50 bits per heavy atom. The zero-order valence-corrected chi connectivity index (χ0v) is 11.6. The van der Waals surface area contributed by atoms with E-state index in [4.69, 9.17) is 5.73 Å². The molecule has 1 amide bonds. The van der Waals surface area contributed by atoms with Crippen molar-refractivity contribution in [3.8, 4) is 0 Å². The number of halogens is 2. The minimum Gasteiger partial charge on any atom is -0.396 e. The zero-order chi connectivity index (χ0) is 14.9. The van der Waals surface area contributed by atoms with Crippen molar-refractivity contribution in [2.24, 2.45) is 0 Å². The first-order chi connectivity index (χ1) is 9.41. The monoisotopic (exact) mass is 283 g/mol. The van der Waals surface area contributed by atoms with Gasteiger partial charge in [0.2, 0.25) is 0 Å². The Bertz CT molecular complexity index is 517. The van der Waals surface area contributed by atoms with Gasteiger partial charge in [0, 0.05) is 18.6 Å². The number of hydrogen-bond donors (Lipinski definition) is 2. The molecule has 1 aromatic carbocycles. The van der Waals surface area contributed by atoms with Crippen LogP contribution in [0.5, 0.6) is 0 Å².